The molecule has 0 aliphatic heterocycles. The Labute approximate surface area is 101 Å². The first kappa shape index (κ1) is 14.1. The van der Waals surface area contributed by atoms with Gasteiger partial charge >= 0.3 is 0 Å². The lowest BCUT2D eigenvalue weighted by molar-refractivity contribution is 0.173. The fraction of sp³-hybridized carbons (Fsp3) is 0.538. The summed E-state index contributed by atoms with van der Waals surface area (Å²) in [5.41, 5.74) is 0.390. The van der Waals surface area contributed by atoms with E-state index < -0.39 is 17.7 Å². The average molecular weight is 243 g/mol. The van der Waals surface area contributed by atoms with Crippen LogP contribution in [-0.2, 0) is 0 Å². The van der Waals surface area contributed by atoms with E-state index in [1.807, 2.05) is 0 Å². The van der Waals surface area contributed by atoms with E-state index in [0.29, 0.717) is 18.0 Å². The number of halogens is 2. The molecule has 2 N–H and O–H groups in total. The van der Waals surface area contributed by atoms with E-state index >= 15 is 0 Å². The summed E-state index contributed by atoms with van der Waals surface area (Å²) in [7, 11) is 0. The lowest BCUT2D eigenvalue weighted by Crippen LogP contribution is -2.23. The second kappa shape index (κ2) is 6.67. The molecule has 0 saturated carbocycles. The van der Waals surface area contributed by atoms with Crippen LogP contribution in [0.4, 0.5) is 8.78 Å². The monoisotopic (exact) mass is 243 g/mol. The molecule has 1 rings (SSSR count). The third-order valence-corrected chi connectivity index (χ3v) is 2.56. The molecule has 0 fully saturated rings. The predicted octanol–water partition coefficient (Wildman–Crippen LogP) is 2.63. The van der Waals surface area contributed by atoms with Gasteiger partial charge < -0.3 is 10.4 Å². The number of nitrogens with one attached hydrogen (secondary N) is 1. The number of benzene rings is 1. The molecular weight excluding hydrogens is 224 g/mol. The van der Waals surface area contributed by atoms with E-state index in [2.05, 4.69) is 19.2 Å². The van der Waals surface area contributed by atoms with Crippen LogP contribution in [0.2, 0.25) is 0 Å². The predicted molar refractivity (Wildman–Crippen MR) is 63.6 cm³/mol. The largest absolute Gasteiger partial charge is 0.387 e. The van der Waals surface area contributed by atoms with Crippen LogP contribution < -0.4 is 5.32 Å². The minimum atomic E-state index is -0.927. The lowest BCUT2D eigenvalue weighted by atomic mass is 10.1. The zero-order valence-electron chi connectivity index (χ0n) is 10.2. The average Bonchev–Trinajstić information content (AvgIpc) is 2.27. The van der Waals surface area contributed by atoms with Gasteiger partial charge in [-0.25, -0.2) is 8.78 Å². The highest BCUT2D eigenvalue weighted by atomic mass is 19.2. The molecule has 0 saturated heterocycles. The molecule has 0 aliphatic rings. The van der Waals surface area contributed by atoms with Crippen molar-refractivity contribution in [2.45, 2.75) is 26.4 Å². The first-order valence-corrected chi connectivity index (χ1v) is 5.84. The van der Waals surface area contributed by atoms with Gasteiger partial charge in [-0.3, -0.25) is 0 Å². The Kier molecular flexibility index (Phi) is 5.51. The molecule has 2 nitrogen and oxygen atoms in total. The summed E-state index contributed by atoms with van der Waals surface area (Å²) in [6, 6.07) is 3.46. The smallest absolute Gasteiger partial charge is 0.159 e. The SMILES string of the molecule is CC(C)CCNCC(O)c1ccc(F)c(F)c1. The number of hydrogen-bond donors (Lipinski definition) is 2. The van der Waals surface area contributed by atoms with Gasteiger partial charge in [-0.15, -0.1) is 0 Å². The van der Waals surface area contributed by atoms with Crippen LogP contribution in [-0.4, -0.2) is 18.2 Å². The van der Waals surface area contributed by atoms with Crippen molar-refractivity contribution < 1.29 is 13.9 Å². The van der Waals surface area contributed by atoms with Gasteiger partial charge in [0.15, 0.2) is 11.6 Å². The second-order valence-corrected chi connectivity index (χ2v) is 4.58. The van der Waals surface area contributed by atoms with Crippen molar-refractivity contribution in [3.05, 3.63) is 35.4 Å². The summed E-state index contributed by atoms with van der Waals surface area (Å²) in [4.78, 5) is 0. The number of hydrogen-bond acceptors (Lipinski definition) is 2. The fourth-order valence-corrected chi connectivity index (χ4v) is 1.47. The molecule has 0 heterocycles. The number of aliphatic hydroxyl groups is 1. The Morgan fingerprint density at radius 2 is 1.94 bits per heavy atom. The van der Waals surface area contributed by atoms with E-state index in [1.54, 1.807) is 0 Å². The van der Waals surface area contributed by atoms with Crippen molar-refractivity contribution in [1.29, 1.82) is 0 Å². The Morgan fingerprint density at radius 3 is 2.53 bits per heavy atom. The van der Waals surface area contributed by atoms with Gasteiger partial charge in [-0.2, -0.15) is 0 Å². The Bertz CT molecular complexity index is 355. The zero-order chi connectivity index (χ0) is 12.8. The summed E-state index contributed by atoms with van der Waals surface area (Å²) in [5.74, 6) is -1.22. The molecule has 17 heavy (non-hydrogen) atoms. The highest BCUT2D eigenvalue weighted by Gasteiger charge is 2.10. The molecule has 4 heteroatoms. The zero-order valence-corrected chi connectivity index (χ0v) is 10.2. The molecule has 1 unspecified atom stereocenters. The summed E-state index contributed by atoms with van der Waals surface area (Å²) in [6.07, 6.45) is 0.210. The van der Waals surface area contributed by atoms with Gasteiger partial charge in [-0.1, -0.05) is 19.9 Å². The van der Waals surface area contributed by atoms with Gasteiger partial charge in [-0.05, 0) is 36.6 Å². The van der Waals surface area contributed by atoms with Gasteiger partial charge in [0.2, 0.25) is 0 Å². The van der Waals surface area contributed by atoms with Crippen molar-refractivity contribution in [2.75, 3.05) is 13.1 Å². The quantitative estimate of drug-likeness (QED) is 0.753. The summed E-state index contributed by atoms with van der Waals surface area (Å²) in [6.45, 7) is 5.39. The maximum Gasteiger partial charge on any atom is 0.159 e. The summed E-state index contributed by atoms with van der Waals surface area (Å²) < 4.78 is 25.6. The van der Waals surface area contributed by atoms with Crippen molar-refractivity contribution in [2.24, 2.45) is 5.92 Å². The molecule has 0 radical (unpaired) electrons. The van der Waals surface area contributed by atoms with Crippen LogP contribution in [0, 0.1) is 17.6 Å². The van der Waals surface area contributed by atoms with Crippen LogP contribution in [0.5, 0.6) is 0 Å². The number of aliphatic hydroxyl groups excluding tert-OH is 1. The van der Waals surface area contributed by atoms with E-state index in [-0.39, 0.29) is 0 Å². The third kappa shape index (κ3) is 4.79. The fourth-order valence-electron chi connectivity index (χ4n) is 1.47. The highest BCUT2D eigenvalue weighted by molar-refractivity contribution is 5.20. The molecule has 1 aromatic rings. The van der Waals surface area contributed by atoms with Crippen molar-refractivity contribution in [1.82, 2.24) is 5.32 Å². The van der Waals surface area contributed by atoms with Crippen LogP contribution in [0.25, 0.3) is 0 Å². The molecule has 0 aliphatic carbocycles. The van der Waals surface area contributed by atoms with Gasteiger partial charge in [0.05, 0.1) is 6.10 Å². The first-order valence-electron chi connectivity index (χ1n) is 5.84. The molecule has 0 aromatic heterocycles. The van der Waals surface area contributed by atoms with E-state index in [1.165, 1.54) is 6.07 Å². The minimum Gasteiger partial charge on any atom is -0.387 e. The Morgan fingerprint density at radius 1 is 1.24 bits per heavy atom. The highest BCUT2D eigenvalue weighted by Crippen LogP contribution is 2.15. The van der Waals surface area contributed by atoms with Gasteiger partial charge in [0.1, 0.15) is 0 Å². The van der Waals surface area contributed by atoms with Crippen LogP contribution >= 0.6 is 0 Å². The maximum absolute atomic E-state index is 12.9. The molecule has 1 aromatic carbocycles. The Hall–Kier alpha value is -1.00. The summed E-state index contributed by atoms with van der Waals surface area (Å²) in [5, 5.41) is 12.8. The van der Waals surface area contributed by atoms with Crippen LogP contribution in [0.1, 0.15) is 31.9 Å². The van der Waals surface area contributed by atoms with E-state index in [9.17, 15) is 13.9 Å². The normalized spacial score (nSPS) is 13.1. The molecule has 0 bridgehead atoms. The lowest BCUT2D eigenvalue weighted by Gasteiger charge is -2.13. The van der Waals surface area contributed by atoms with Crippen molar-refractivity contribution in [3.8, 4) is 0 Å². The van der Waals surface area contributed by atoms with Crippen LogP contribution in [0.3, 0.4) is 0 Å². The van der Waals surface area contributed by atoms with Gasteiger partial charge in [0, 0.05) is 6.54 Å². The van der Waals surface area contributed by atoms with Crippen molar-refractivity contribution >= 4 is 0 Å². The standard InChI is InChI=1S/C13H19F2NO/c1-9(2)5-6-16-8-13(17)10-3-4-11(14)12(15)7-10/h3-4,7,9,13,16-17H,5-6,8H2,1-2H3. The van der Waals surface area contributed by atoms with Crippen LogP contribution in [0.15, 0.2) is 18.2 Å². The molecule has 0 spiro atoms. The Balaban J connectivity index is 2.41. The van der Waals surface area contributed by atoms with E-state index in [0.717, 1.165) is 25.1 Å². The third-order valence-electron chi connectivity index (χ3n) is 2.56. The van der Waals surface area contributed by atoms with E-state index in [4.69, 9.17) is 0 Å². The minimum absolute atomic E-state index is 0.345. The van der Waals surface area contributed by atoms with Crippen molar-refractivity contribution in [3.63, 3.8) is 0 Å². The topological polar surface area (TPSA) is 32.3 Å². The molecule has 1 atom stereocenters. The molecular formula is C13H19F2NO. The maximum atomic E-state index is 12.9. The number of rotatable bonds is 6. The first-order chi connectivity index (χ1) is 8.00. The second-order valence-electron chi connectivity index (χ2n) is 4.58. The molecule has 96 valence electrons. The summed E-state index contributed by atoms with van der Waals surface area (Å²) >= 11 is 0. The molecule has 0 amide bonds. The van der Waals surface area contributed by atoms with Gasteiger partial charge in [0.25, 0.3) is 0 Å².